The molecule has 2 aliphatic rings. The molecule has 1 aliphatic heterocycles. The molecule has 1 saturated heterocycles. The van der Waals surface area contributed by atoms with Gasteiger partial charge in [0.2, 0.25) is 0 Å². The zero-order valence-electron chi connectivity index (χ0n) is 25.3. The fourth-order valence-corrected chi connectivity index (χ4v) is 6.41. The molecule has 1 saturated carbocycles. The summed E-state index contributed by atoms with van der Waals surface area (Å²) in [6.45, 7) is 7.14. The molecule has 4 aromatic rings. The summed E-state index contributed by atoms with van der Waals surface area (Å²) in [7, 11) is 0. The predicted octanol–water partition coefficient (Wildman–Crippen LogP) is 5.09. The summed E-state index contributed by atoms with van der Waals surface area (Å²) in [4.78, 5) is 28.6. The highest BCUT2D eigenvalue weighted by Crippen LogP contribution is 2.32. The van der Waals surface area contributed by atoms with Gasteiger partial charge in [-0.2, -0.15) is 4.98 Å². The van der Waals surface area contributed by atoms with E-state index >= 15 is 0 Å². The number of piperazine rings is 1. The van der Waals surface area contributed by atoms with E-state index < -0.39 is 5.97 Å². The lowest BCUT2D eigenvalue weighted by Gasteiger charge is -2.34. The van der Waals surface area contributed by atoms with E-state index in [0.717, 1.165) is 56.0 Å². The van der Waals surface area contributed by atoms with Crippen LogP contribution in [0.5, 0.6) is 6.01 Å². The first-order chi connectivity index (χ1) is 21.9. The number of aliphatic hydroxyl groups is 1. The Balaban J connectivity index is 1.04. The normalized spacial score (nSPS) is 19.6. The summed E-state index contributed by atoms with van der Waals surface area (Å²) in [5.41, 5.74) is 6.35. The van der Waals surface area contributed by atoms with Gasteiger partial charge in [-0.3, -0.25) is 14.6 Å². The minimum atomic E-state index is -0.732. The molecule has 2 fully saturated rings. The number of carboxylic acids is 1. The number of H-pyrrole nitrogens is 1. The van der Waals surface area contributed by atoms with Gasteiger partial charge in [0.05, 0.1) is 42.0 Å². The van der Waals surface area contributed by atoms with E-state index in [2.05, 4.69) is 56.2 Å². The van der Waals surface area contributed by atoms with Crippen molar-refractivity contribution in [1.82, 2.24) is 24.8 Å². The number of hydrogen-bond acceptors (Lipinski definition) is 8. The molecule has 45 heavy (non-hydrogen) atoms. The number of carboxylic acid groups (broad SMARTS) is 1. The fourth-order valence-electron chi connectivity index (χ4n) is 6.15. The predicted molar refractivity (Wildman–Crippen MR) is 173 cm³/mol. The Morgan fingerprint density at radius 3 is 2.20 bits per heavy atom. The van der Waals surface area contributed by atoms with Gasteiger partial charge in [-0.25, -0.2) is 4.98 Å². The Hall–Kier alpha value is -3.54. The van der Waals surface area contributed by atoms with Gasteiger partial charge in [0.15, 0.2) is 5.65 Å². The molecular weight excluding hydrogens is 594 g/mol. The number of aromatic nitrogens is 3. The summed E-state index contributed by atoms with van der Waals surface area (Å²) < 4.78 is 11.4. The first kappa shape index (κ1) is 31.4. The van der Waals surface area contributed by atoms with Gasteiger partial charge >= 0.3 is 5.97 Å². The second-order valence-corrected chi connectivity index (χ2v) is 12.3. The summed E-state index contributed by atoms with van der Waals surface area (Å²) in [5.74, 6) is -1.02. The topological polar surface area (TPSA) is 124 Å². The van der Waals surface area contributed by atoms with Crippen molar-refractivity contribution in [1.29, 1.82) is 0 Å². The second kappa shape index (κ2) is 14.7. The molecule has 11 heteroatoms. The number of benzene rings is 2. The first-order valence-electron chi connectivity index (χ1n) is 15.7. The van der Waals surface area contributed by atoms with Crippen LogP contribution in [0, 0.1) is 5.92 Å². The smallest absolute Gasteiger partial charge is 0.306 e. The van der Waals surface area contributed by atoms with Crippen LogP contribution in [0.4, 0.5) is 0 Å². The SMILES string of the molecule is O=C(O)C1CCC(Oc2nc3nc(-c4ccc(-c5ccc(CN6CCN(CCOCCO)CC6)cc5)cc4)c(Cl)cc3[nH]2)CC1. The molecule has 3 N–H and O–H groups in total. The van der Waals surface area contributed by atoms with E-state index in [4.69, 9.17) is 31.2 Å². The van der Waals surface area contributed by atoms with Gasteiger partial charge in [0.1, 0.15) is 6.10 Å². The monoisotopic (exact) mass is 633 g/mol. The van der Waals surface area contributed by atoms with Crippen LogP contribution in [0.25, 0.3) is 33.5 Å². The molecule has 6 rings (SSSR count). The number of rotatable bonds is 12. The molecular formula is C34H40ClN5O5. The van der Waals surface area contributed by atoms with Gasteiger partial charge in [-0.15, -0.1) is 0 Å². The van der Waals surface area contributed by atoms with E-state index in [0.29, 0.717) is 66.8 Å². The Labute approximate surface area is 268 Å². The lowest BCUT2D eigenvalue weighted by Crippen LogP contribution is -2.46. The van der Waals surface area contributed by atoms with E-state index in [1.807, 2.05) is 18.2 Å². The minimum Gasteiger partial charge on any atom is -0.481 e. The van der Waals surface area contributed by atoms with Crippen molar-refractivity contribution < 1.29 is 24.5 Å². The maximum Gasteiger partial charge on any atom is 0.306 e. The van der Waals surface area contributed by atoms with Crippen LogP contribution < -0.4 is 4.74 Å². The number of halogens is 1. The first-order valence-corrected chi connectivity index (χ1v) is 16.1. The van der Waals surface area contributed by atoms with Gasteiger partial charge in [-0.05, 0) is 48.4 Å². The average molecular weight is 634 g/mol. The van der Waals surface area contributed by atoms with Crippen LogP contribution in [-0.2, 0) is 16.1 Å². The van der Waals surface area contributed by atoms with E-state index in [1.165, 1.54) is 5.56 Å². The largest absolute Gasteiger partial charge is 0.481 e. The fraction of sp³-hybridized carbons (Fsp3) is 0.441. The molecule has 3 heterocycles. The van der Waals surface area contributed by atoms with Crippen molar-refractivity contribution >= 4 is 28.7 Å². The van der Waals surface area contributed by atoms with Crippen LogP contribution in [0.3, 0.4) is 0 Å². The molecule has 0 atom stereocenters. The van der Waals surface area contributed by atoms with Crippen LogP contribution in [-0.4, -0.2) is 99.6 Å². The Kier molecular flexibility index (Phi) is 10.3. The number of carbonyl (C=O) groups is 1. The van der Waals surface area contributed by atoms with E-state index in [9.17, 15) is 9.90 Å². The molecule has 238 valence electrons. The number of imidazole rings is 1. The zero-order chi connectivity index (χ0) is 31.2. The number of pyridine rings is 1. The number of fused-ring (bicyclic) bond motifs is 1. The number of aromatic amines is 1. The molecule has 0 bridgehead atoms. The zero-order valence-corrected chi connectivity index (χ0v) is 26.1. The number of nitrogens with one attached hydrogen (secondary N) is 1. The number of aliphatic hydroxyl groups excluding tert-OH is 1. The number of aliphatic carboxylic acids is 1. The van der Waals surface area contributed by atoms with Crippen LogP contribution in [0.2, 0.25) is 5.02 Å². The van der Waals surface area contributed by atoms with Crippen LogP contribution >= 0.6 is 11.6 Å². The summed E-state index contributed by atoms with van der Waals surface area (Å²) in [5, 5.41) is 18.6. The van der Waals surface area contributed by atoms with Crippen LogP contribution in [0.1, 0.15) is 31.2 Å². The Bertz CT molecular complexity index is 1560. The molecule has 2 aromatic carbocycles. The number of ether oxygens (including phenoxy) is 2. The molecule has 10 nitrogen and oxygen atoms in total. The average Bonchev–Trinajstić information content (AvgIpc) is 3.45. The Morgan fingerprint density at radius 1 is 0.889 bits per heavy atom. The van der Waals surface area contributed by atoms with Gasteiger partial charge in [-0.1, -0.05) is 60.1 Å². The molecule has 1 aliphatic carbocycles. The molecule has 0 unspecified atom stereocenters. The highest BCUT2D eigenvalue weighted by Gasteiger charge is 2.27. The van der Waals surface area contributed by atoms with E-state index in [-0.39, 0.29) is 18.6 Å². The molecule has 2 aromatic heterocycles. The van der Waals surface area contributed by atoms with Gasteiger partial charge in [0.25, 0.3) is 6.01 Å². The van der Waals surface area contributed by atoms with Crippen molar-refractivity contribution in [2.45, 2.75) is 38.3 Å². The van der Waals surface area contributed by atoms with E-state index in [1.54, 1.807) is 0 Å². The van der Waals surface area contributed by atoms with Crippen LogP contribution in [0.15, 0.2) is 54.6 Å². The lowest BCUT2D eigenvalue weighted by atomic mass is 9.87. The minimum absolute atomic E-state index is 0.0668. The highest BCUT2D eigenvalue weighted by molar-refractivity contribution is 6.33. The third-order valence-electron chi connectivity index (χ3n) is 8.81. The highest BCUT2D eigenvalue weighted by atomic mass is 35.5. The lowest BCUT2D eigenvalue weighted by molar-refractivity contribution is -0.143. The Morgan fingerprint density at radius 2 is 1.53 bits per heavy atom. The quantitative estimate of drug-likeness (QED) is 0.183. The van der Waals surface area contributed by atoms with Crippen molar-refractivity contribution in [2.24, 2.45) is 5.92 Å². The maximum atomic E-state index is 11.2. The summed E-state index contributed by atoms with van der Waals surface area (Å²) in [6, 6.07) is 19.2. The molecule has 0 radical (unpaired) electrons. The number of nitrogens with zero attached hydrogens (tertiary/aromatic N) is 4. The van der Waals surface area contributed by atoms with Crippen molar-refractivity contribution in [3.63, 3.8) is 0 Å². The number of hydrogen-bond donors (Lipinski definition) is 3. The third kappa shape index (κ3) is 8.01. The van der Waals surface area contributed by atoms with Crippen molar-refractivity contribution in [3.8, 4) is 28.4 Å². The summed E-state index contributed by atoms with van der Waals surface area (Å²) >= 11 is 6.65. The van der Waals surface area contributed by atoms with Gasteiger partial charge < -0.3 is 24.7 Å². The van der Waals surface area contributed by atoms with Crippen molar-refractivity contribution in [2.75, 3.05) is 52.5 Å². The summed E-state index contributed by atoms with van der Waals surface area (Å²) in [6.07, 6.45) is 2.52. The third-order valence-corrected chi connectivity index (χ3v) is 9.10. The van der Waals surface area contributed by atoms with Crippen molar-refractivity contribution in [3.05, 3.63) is 65.2 Å². The molecule has 0 amide bonds. The van der Waals surface area contributed by atoms with Gasteiger partial charge in [0, 0.05) is 44.8 Å². The second-order valence-electron chi connectivity index (χ2n) is 11.9. The molecule has 0 spiro atoms. The maximum absolute atomic E-state index is 11.2. The standard InChI is InChI=1S/C34H40ClN5O5/c35-29-21-30-32(38-34(36-30)45-28-11-9-27(10-12-28)33(42)43)37-31(29)26-7-5-25(6-8-26)24-3-1-23(2-4-24)22-40-15-13-39(14-16-40)17-19-44-20-18-41/h1-8,21,27-28,41H,9-20,22H2,(H,42,43)(H,36,37,38).